The number of primary amides is 1. The van der Waals surface area contributed by atoms with Gasteiger partial charge in [0, 0.05) is 19.4 Å². The van der Waals surface area contributed by atoms with Crippen LogP contribution in [-0.4, -0.2) is 76.5 Å². The Bertz CT molecular complexity index is 1300. The summed E-state index contributed by atoms with van der Waals surface area (Å²) in [4.78, 5) is 66.6. The molecule has 0 aliphatic rings. The monoisotopic (exact) mass is 612 g/mol. The number of nitrogens with two attached hydrogens (primary N) is 4. The molecule has 44 heavy (non-hydrogen) atoms. The lowest BCUT2D eigenvalue weighted by Gasteiger charge is -2.25. The summed E-state index contributed by atoms with van der Waals surface area (Å²) < 4.78 is 0. The molecule has 0 aliphatic carbocycles. The number of rotatable bonds is 18. The molecule has 2 aromatic carbocycles. The molecule has 15 heteroatoms. The molecule has 0 aromatic heterocycles. The van der Waals surface area contributed by atoms with Crippen LogP contribution in [0.2, 0.25) is 0 Å². The number of phenolic OH excluding ortho intramolecular Hbond substituents is 1. The molecule has 15 nitrogen and oxygen atoms in total. The second-order valence-corrected chi connectivity index (χ2v) is 10.1. The van der Waals surface area contributed by atoms with Crippen LogP contribution in [0.3, 0.4) is 0 Å². The molecule has 4 atom stereocenters. The van der Waals surface area contributed by atoms with Gasteiger partial charge in [-0.1, -0.05) is 42.5 Å². The summed E-state index contributed by atoms with van der Waals surface area (Å²) in [7, 11) is 0. The van der Waals surface area contributed by atoms with E-state index in [4.69, 9.17) is 22.9 Å². The van der Waals surface area contributed by atoms with Gasteiger partial charge in [0.1, 0.15) is 23.9 Å². The first kappa shape index (κ1) is 35.0. The van der Waals surface area contributed by atoms with Gasteiger partial charge in [-0.3, -0.25) is 24.2 Å². The standard InChI is InChI=1S/C29H40N8O7/c30-20(15-17-5-2-1-3-6-17)25(40)37-23(16-18-8-10-19(38)11-9-18)27(42)35-21(7-4-14-34-29(32)33)26(41)36-22(28(43)44)12-13-24(31)39/h1-3,5-6,8-11,20-23,38H,4,7,12-16,30H2,(H2,31,39)(H,35,42)(H,36,41)(H,37,40)(H,43,44)(H4,32,33,34). The van der Waals surface area contributed by atoms with Crippen LogP contribution in [0.15, 0.2) is 59.6 Å². The van der Waals surface area contributed by atoms with Gasteiger partial charge >= 0.3 is 5.97 Å². The predicted octanol–water partition coefficient (Wildman–Crippen LogP) is -1.64. The minimum Gasteiger partial charge on any atom is -0.508 e. The number of aromatic hydroxyl groups is 1. The lowest BCUT2D eigenvalue weighted by Crippen LogP contribution is -2.57. The highest BCUT2D eigenvalue weighted by molar-refractivity contribution is 5.94. The number of aliphatic imine (C=N–C) groups is 1. The second-order valence-electron chi connectivity index (χ2n) is 10.1. The third-order valence-electron chi connectivity index (χ3n) is 6.52. The van der Waals surface area contributed by atoms with Gasteiger partial charge in [-0.25, -0.2) is 4.79 Å². The van der Waals surface area contributed by atoms with Crippen LogP contribution in [0.5, 0.6) is 5.75 Å². The van der Waals surface area contributed by atoms with Crippen molar-refractivity contribution >= 4 is 35.6 Å². The van der Waals surface area contributed by atoms with Crippen molar-refractivity contribution in [1.29, 1.82) is 0 Å². The summed E-state index contributed by atoms with van der Waals surface area (Å²) in [6, 6.07) is 10.1. The highest BCUT2D eigenvalue weighted by atomic mass is 16.4. The van der Waals surface area contributed by atoms with Crippen LogP contribution in [0.4, 0.5) is 0 Å². The molecule has 2 rings (SSSR count). The van der Waals surface area contributed by atoms with Crippen molar-refractivity contribution in [2.45, 2.75) is 62.7 Å². The first-order valence-electron chi connectivity index (χ1n) is 13.9. The number of carbonyl (C=O) groups is 5. The number of carboxylic acids is 1. The zero-order valence-electron chi connectivity index (χ0n) is 24.1. The first-order chi connectivity index (χ1) is 20.8. The quantitative estimate of drug-likeness (QED) is 0.0526. The molecule has 0 saturated carbocycles. The van der Waals surface area contributed by atoms with E-state index < -0.39 is 53.8 Å². The fourth-order valence-electron chi connectivity index (χ4n) is 4.18. The topological polar surface area (TPSA) is 278 Å². The van der Waals surface area contributed by atoms with Gasteiger partial charge in [0.15, 0.2) is 5.96 Å². The Morgan fingerprint density at radius 2 is 1.30 bits per heavy atom. The normalized spacial score (nSPS) is 13.4. The Labute approximate surface area is 254 Å². The number of benzene rings is 2. The minimum absolute atomic E-state index is 0.00388. The maximum Gasteiger partial charge on any atom is 0.326 e. The number of nitrogens with zero attached hydrogens (tertiary/aromatic N) is 1. The van der Waals surface area contributed by atoms with Crippen molar-refractivity contribution in [2.24, 2.45) is 27.9 Å². The van der Waals surface area contributed by atoms with Crippen LogP contribution in [0, 0.1) is 0 Å². The summed E-state index contributed by atoms with van der Waals surface area (Å²) in [5.74, 6) is -4.50. The molecule has 238 valence electrons. The van der Waals surface area contributed by atoms with Gasteiger partial charge in [0.05, 0.1) is 6.04 Å². The van der Waals surface area contributed by atoms with Crippen LogP contribution in [0.25, 0.3) is 0 Å². The number of guanidine groups is 1. The molecule has 0 heterocycles. The van der Waals surface area contributed by atoms with E-state index in [-0.39, 0.29) is 56.8 Å². The summed E-state index contributed by atoms with van der Waals surface area (Å²) in [6.45, 7) is 0.119. The number of nitrogens with one attached hydrogen (secondary N) is 3. The molecule has 0 bridgehead atoms. The van der Waals surface area contributed by atoms with Crippen molar-refractivity contribution in [2.75, 3.05) is 6.54 Å². The third-order valence-corrected chi connectivity index (χ3v) is 6.52. The van der Waals surface area contributed by atoms with Gasteiger partial charge in [0.2, 0.25) is 23.6 Å². The molecule has 0 radical (unpaired) electrons. The number of hydrogen-bond donors (Lipinski definition) is 9. The zero-order valence-corrected chi connectivity index (χ0v) is 24.1. The lowest BCUT2D eigenvalue weighted by atomic mass is 10.0. The van der Waals surface area contributed by atoms with E-state index in [1.54, 1.807) is 12.1 Å². The molecule has 2 aromatic rings. The molecule has 0 spiro atoms. The number of aliphatic carboxylic acids is 1. The number of carboxylic acid groups (broad SMARTS) is 1. The average molecular weight is 613 g/mol. The average Bonchev–Trinajstić information content (AvgIpc) is 2.97. The largest absolute Gasteiger partial charge is 0.508 e. The number of hydrogen-bond acceptors (Lipinski definition) is 8. The van der Waals surface area contributed by atoms with E-state index in [9.17, 15) is 34.2 Å². The van der Waals surface area contributed by atoms with Crippen LogP contribution >= 0.6 is 0 Å². The summed E-state index contributed by atoms with van der Waals surface area (Å²) >= 11 is 0. The Hall–Kier alpha value is -5.18. The van der Waals surface area contributed by atoms with Crippen LogP contribution in [0.1, 0.15) is 36.8 Å². The van der Waals surface area contributed by atoms with Crippen LogP contribution in [-0.2, 0) is 36.8 Å². The SMILES string of the molecule is NC(=O)CCC(NC(=O)C(CCCN=C(N)N)NC(=O)C(Cc1ccc(O)cc1)NC(=O)C(N)Cc1ccccc1)C(=O)O. The molecular weight excluding hydrogens is 572 g/mol. The molecule has 4 unspecified atom stereocenters. The van der Waals surface area contributed by atoms with Crippen molar-refractivity contribution < 1.29 is 34.2 Å². The fourth-order valence-corrected chi connectivity index (χ4v) is 4.18. The van der Waals surface area contributed by atoms with Crippen molar-refractivity contribution in [1.82, 2.24) is 16.0 Å². The highest BCUT2D eigenvalue weighted by Gasteiger charge is 2.30. The Balaban J connectivity index is 2.26. The third kappa shape index (κ3) is 12.8. The second kappa shape index (κ2) is 17.7. The van der Waals surface area contributed by atoms with Crippen molar-refractivity contribution in [3.63, 3.8) is 0 Å². The van der Waals surface area contributed by atoms with Crippen molar-refractivity contribution in [3.8, 4) is 5.75 Å². The number of phenols is 1. The van der Waals surface area contributed by atoms with Gasteiger partial charge in [-0.05, 0) is 48.9 Å². The summed E-state index contributed by atoms with van der Waals surface area (Å²) in [6.07, 6.45) is -0.130. The predicted molar refractivity (Wildman–Crippen MR) is 162 cm³/mol. The Morgan fingerprint density at radius 3 is 1.89 bits per heavy atom. The van der Waals surface area contributed by atoms with Gasteiger partial charge in [-0.2, -0.15) is 0 Å². The molecule has 4 amide bonds. The molecule has 0 fully saturated rings. The van der Waals surface area contributed by atoms with E-state index >= 15 is 0 Å². The minimum atomic E-state index is -1.45. The Kier molecular flexibility index (Phi) is 14.1. The van der Waals surface area contributed by atoms with Gasteiger partial charge in [-0.15, -0.1) is 0 Å². The van der Waals surface area contributed by atoms with E-state index in [1.165, 1.54) is 12.1 Å². The van der Waals surface area contributed by atoms with E-state index in [2.05, 4.69) is 20.9 Å². The van der Waals surface area contributed by atoms with Crippen molar-refractivity contribution in [3.05, 3.63) is 65.7 Å². The lowest BCUT2D eigenvalue weighted by molar-refractivity contribution is -0.142. The molecule has 0 saturated heterocycles. The zero-order chi connectivity index (χ0) is 32.6. The molecule has 13 N–H and O–H groups in total. The Morgan fingerprint density at radius 1 is 0.727 bits per heavy atom. The number of amides is 4. The van der Waals surface area contributed by atoms with Gasteiger partial charge < -0.3 is 49.1 Å². The maximum atomic E-state index is 13.6. The van der Waals surface area contributed by atoms with E-state index in [0.29, 0.717) is 5.56 Å². The fraction of sp³-hybridized carbons (Fsp3) is 0.379. The summed E-state index contributed by atoms with van der Waals surface area (Å²) in [5.41, 5.74) is 23.4. The first-order valence-corrected chi connectivity index (χ1v) is 13.9. The molecule has 0 aliphatic heterocycles. The highest BCUT2D eigenvalue weighted by Crippen LogP contribution is 2.13. The maximum absolute atomic E-state index is 13.6. The van der Waals surface area contributed by atoms with Gasteiger partial charge in [0.25, 0.3) is 0 Å². The molecular formula is C29H40N8O7. The number of carbonyl (C=O) groups excluding carboxylic acids is 4. The van der Waals surface area contributed by atoms with Crippen LogP contribution < -0.4 is 38.9 Å². The van der Waals surface area contributed by atoms with E-state index in [0.717, 1.165) is 5.56 Å². The summed E-state index contributed by atoms with van der Waals surface area (Å²) in [5, 5.41) is 26.7. The van der Waals surface area contributed by atoms with E-state index in [1.807, 2.05) is 30.3 Å². The smallest absolute Gasteiger partial charge is 0.326 e.